The lowest BCUT2D eigenvalue weighted by molar-refractivity contribution is -0.118. The van der Waals surface area contributed by atoms with Gasteiger partial charge in [0, 0.05) is 19.5 Å². The average molecular weight is 534 g/mol. The molecule has 8 nitrogen and oxygen atoms in total. The fourth-order valence-electron chi connectivity index (χ4n) is 3.94. The Balaban J connectivity index is 1.78. The van der Waals surface area contributed by atoms with E-state index in [0.717, 1.165) is 28.9 Å². The van der Waals surface area contributed by atoms with Crippen LogP contribution in [0.25, 0.3) is 10.2 Å². The van der Waals surface area contributed by atoms with Crippen molar-refractivity contribution in [1.29, 1.82) is 0 Å². The monoisotopic (exact) mass is 533 g/mol. The number of carbonyl (C=O) groups excluding carboxylic acids is 1. The summed E-state index contributed by atoms with van der Waals surface area (Å²) in [4.78, 5) is 22.3. The van der Waals surface area contributed by atoms with E-state index >= 15 is 0 Å². The van der Waals surface area contributed by atoms with E-state index < -0.39 is 9.84 Å². The van der Waals surface area contributed by atoms with Crippen LogP contribution in [-0.4, -0.2) is 70.4 Å². The summed E-state index contributed by atoms with van der Waals surface area (Å²) in [6, 6.07) is 10.2. The van der Waals surface area contributed by atoms with Gasteiger partial charge >= 0.3 is 0 Å². The number of amides is 1. The third-order valence-corrected chi connectivity index (χ3v) is 9.23. The number of rotatable bonds is 13. The number of aryl methyl sites for hydroxylation is 1. The van der Waals surface area contributed by atoms with Gasteiger partial charge in [-0.15, -0.1) is 0 Å². The maximum absolute atomic E-state index is 13.4. The van der Waals surface area contributed by atoms with Gasteiger partial charge in [0.1, 0.15) is 17.0 Å². The first kappa shape index (κ1) is 27.9. The molecule has 196 valence electrons. The number of thiazole rings is 1. The van der Waals surface area contributed by atoms with Crippen LogP contribution in [0.1, 0.15) is 32.3 Å². The van der Waals surface area contributed by atoms with Crippen LogP contribution in [0.3, 0.4) is 0 Å². The lowest BCUT2D eigenvalue weighted by Gasteiger charge is -2.24. The van der Waals surface area contributed by atoms with E-state index in [4.69, 9.17) is 14.5 Å². The van der Waals surface area contributed by atoms with E-state index in [0.29, 0.717) is 29.7 Å². The number of likely N-dealkylation sites (N-methyl/N-ethyl adjacent to an activating group) is 1. The van der Waals surface area contributed by atoms with E-state index in [1.165, 1.54) is 30.6 Å². The van der Waals surface area contributed by atoms with Crippen LogP contribution in [-0.2, 0) is 14.6 Å². The first-order chi connectivity index (χ1) is 17.2. The van der Waals surface area contributed by atoms with Gasteiger partial charge < -0.3 is 14.4 Å². The van der Waals surface area contributed by atoms with Crippen molar-refractivity contribution in [3.05, 3.63) is 42.0 Å². The van der Waals surface area contributed by atoms with Gasteiger partial charge in [0.05, 0.1) is 29.6 Å². The summed E-state index contributed by atoms with van der Waals surface area (Å²) in [6.07, 6.45) is 0.335. The molecule has 0 aliphatic carbocycles. The zero-order valence-electron chi connectivity index (χ0n) is 21.6. The molecule has 0 saturated carbocycles. The van der Waals surface area contributed by atoms with Gasteiger partial charge in [-0.3, -0.25) is 9.69 Å². The number of hydrogen-bond acceptors (Lipinski definition) is 8. The summed E-state index contributed by atoms with van der Waals surface area (Å²) in [6.45, 7) is 9.13. The second-order valence-corrected chi connectivity index (χ2v) is 11.5. The molecule has 0 radical (unpaired) electrons. The molecule has 2 aromatic carbocycles. The molecule has 0 fully saturated rings. The first-order valence-corrected chi connectivity index (χ1v) is 14.5. The second kappa shape index (κ2) is 12.5. The highest BCUT2D eigenvalue weighted by atomic mass is 32.2. The van der Waals surface area contributed by atoms with Gasteiger partial charge in [-0.25, -0.2) is 13.4 Å². The average Bonchev–Trinajstić information content (AvgIpc) is 3.33. The van der Waals surface area contributed by atoms with E-state index in [1.54, 1.807) is 24.1 Å². The number of carbonyl (C=O) groups is 1. The standard InChI is InChI=1S/C26H35N3O5S2/c1-6-28(7-2)16-17-29(26-27-24-22(34-5)15-10-19(3)25(24)35-26)23(30)9-8-18-36(31,32)21-13-11-20(33-4)12-14-21/h10-15H,6-9,16-18H2,1-5H3. The zero-order chi connectivity index (χ0) is 26.3. The maximum atomic E-state index is 13.4. The molecule has 0 unspecified atom stereocenters. The van der Waals surface area contributed by atoms with Crippen LogP contribution < -0.4 is 14.4 Å². The lowest BCUT2D eigenvalue weighted by Crippen LogP contribution is -2.38. The molecule has 36 heavy (non-hydrogen) atoms. The highest BCUT2D eigenvalue weighted by Crippen LogP contribution is 2.36. The lowest BCUT2D eigenvalue weighted by atomic mass is 10.2. The molecule has 0 aliphatic heterocycles. The summed E-state index contributed by atoms with van der Waals surface area (Å²) < 4.78 is 37.1. The summed E-state index contributed by atoms with van der Waals surface area (Å²) in [5, 5.41) is 0.604. The van der Waals surface area contributed by atoms with Crippen molar-refractivity contribution in [3.8, 4) is 11.5 Å². The Kier molecular flexibility index (Phi) is 9.69. The Morgan fingerprint density at radius 2 is 1.69 bits per heavy atom. The number of methoxy groups -OCH3 is 2. The molecule has 0 N–H and O–H groups in total. The van der Waals surface area contributed by atoms with Gasteiger partial charge in [-0.2, -0.15) is 0 Å². The number of nitrogens with zero attached hydrogens (tertiary/aromatic N) is 3. The summed E-state index contributed by atoms with van der Waals surface area (Å²) in [5.41, 5.74) is 1.80. The van der Waals surface area contributed by atoms with Crippen molar-refractivity contribution in [1.82, 2.24) is 9.88 Å². The molecule has 3 aromatic rings. The van der Waals surface area contributed by atoms with E-state index in [-0.39, 0.29) is 29.4 Å². The SMILES string of the molecule is CCN(CC)CCN(C(=O)CCCS(=O)(=O)c1ccc(OC)cc1)c1nc2c(OC)ccc(C)c2s1. The van der Waals surface area contributed by atoms with Crippen molar-refractivity contribution >= 4 is 42.4 Å². The molecule has 0 aliphatic rings. The molecular formula is C26H35N3O5S2. The third kappa shape index (κ3) is 6.54. The van der Waals surface area contributed by atoms with Crippen molar-refractivity contribution < 1.29 is 22.7 Å². The molecule has 1 amide bonds. The zero-order valence-corrected chi connectivity index (χ0v) is 23.2. The number of aromatic nitrogens is 1. The molecule has 10 heteroatoms. The minimum absolute atomic E-state index is 0.109. The smallest absolute Gasteiger partial charge is 0.228 e. The van der Waals surface area contributed by atoms with Crippen molar-refractivity contribution in [3.63, 3.8) is 0 Å². The maximum Gasteiger partial charge on any atom is 0.228 e. The number of fused-ring (bicyclic) bond motifs is 1. The number of ether oxygens (including phenoxy) is 2. The quantitative estimate of drug-likeness (QED) is 0.318. The Hall–Kier alpha value is -2.69. The second-order valence-electron chi connectivity index (χ2n) is 8.43. The Bertz CT molecular complexity index is 1270. The van der Waals surface area contributed by atoms with Crippen molar-refractivity contribution in [2.75, 3.05) is 51.1 Å². The molecule has 1 heterocycles. The van der Waals surface area contributed by atoms with E-state index in [2.05, 4.69) is 18.7 Å². The van der Waals surface area contributed by atoms with Crippen LogP contribution in [0.4, 0.5) is 5.13 Å². The van der Waals surface area contributed by atoms with Crippen LogP contribution in [0.15, 0.2) is 41.3 Å². The van der Waals surface area contributed by atoms with Crippen molar-refractivity contribution in [2.24, 2.45) is 0 Å². The summed E-state index contributed by atoms with van der Waals surface area (Å²) in [7, 11) is -0.366. The van der Waals surface area contributed by atoms with Crippen LogP contribution in [0.5, 0.6) is 11.5 Å². The summed E-state index contributed by atoms with van der Waals surface area (Å²) >= 11 is 1.46. The normalized spacial score (nSPS) is 11.7. The summed E-state index contributed by atoms with van der Waals surface area (Å²) in [5.74, 6) is 1.01. The molecule has 0 atom stereocenters. The van der Waals surface area contributed by atoms with Gasteiger partial charge in [0.25, 0.3) is 0 Å². The molecule has 3 rings (SSSR count). The van der Waals surface area contributed by atoms with Crippen LogP contribution in [0.2, 0.25) is 0 Å². The Morgan fingerprint density at radius 1 is 1.00 bits per heavy atom. The van der Waals surface area contributed by atoms with Gasteiger partial charge in [-0.1, -0.05) is 31.3 Å². The molecular weight excluding hydrogens is 498 g/mol. The van der Waals surface area contributed by atoms with E-state index in [9.17, 15) is 13.2 Å². The topological polar surface area (TPSA) is 89.0 Å². The predicted octanol–water partition coefficient (Wildman–Crippen LogP) is 4.55. The Morgan fingerprint density at radius 3 is 2.31 bits per heavy atom. The number of hydrogen-bond donors (Lipinski definition) is 0. The van der Waals surface area contributed by atoms with Crippen LogP contribution in [0, 0.1) is 6.92 Å². The van der Waals surface area contributed by atoms with Crippen molar-refractivity contribution in [2.45, 2.75) is 38.5 Å². The molecule has 0 saturated heterocycles. The minimum Gasteiger partial charge on any atom is -0.497 e. The third-order valence-electron chi connectivity index (χ3n) is 6.20. The van der Waals surface area contributed by atoms with Gasteiger partial charge in [0.15, 0.2) is 15.0 Å². The molecule has 0 spiro atoms. The Labute approximate surface area is 217 Å². The highest BCUT2D eigenvalue weighted by Gasteiger charge is 2.23. The number of sulfone groups is 1. The van der Waals surface area contributed by atoms with Crippen LogP contribution >= 0.6 is 11.3 Å². The molecule has 1 aromatic heterocycles. The van der Waals surface area contributed by atoms with Gasteiger partial charge in [0.2, 0.25) is 5.91 Å². The minimum atomic E-state index is -3.50. The predicted molar refractivity (Wildman–Crippen MR) is 145 cm³/mol. The van der Waals surface area contributed by atoms with Gasteiger partial charge in [-0.05, 0) is 62.3 Å². The highest BCUT2D eigenvalue weighted by molar-refractivity contribution is 7.91. The largest absolute Gasteiger partial charge is 0.497 e. The fraction of sp³-hybridized carbons (Fsp3) is 0.462. The fourth-order valence-corrected chi connectivity index (χ4v) is 6.34. The number of anilines is 1. The van der Waals surface area contributed by atoms with E-state index in [1.807, 2.05) is 19.1 Å². The molecule has 0 bridgehead atoms. The first-order valence-electron chi connectivity index (χ1n) is 12.1. The number of benzene rings is 2.